The van der Waals surface area contributed by atoms with Crippen LogP contribution in [0, 0.1) is 25.3 Å². The average molecular weight is 829 g/mol. The summed E-state index contributed by atoms with van der Waals surface area (Å²) in [6.45, 7) is 16.6. The molecule has 0 bridgehead atoms. The van der Waals surface area contributed by atoms with Crippen molar-refractivity contribution in [1.82, 2.24) is 19.2 Å². The number of halogens is 4. The van der Waals surface area contributed by atoms with Crippen LogP contribution in [0.2, 0.25) is 5.02 Å². The predicted octanol–water partition coefficient (Wildman–Crippen LogP) is 9.16. The second-order valence-electron chi connectivity index (χ2n) is 14.6. The number of rotatable bonds is 11. The number of nitrogens with zero attached hydrogens (tertiary/aromatic N) is 6. The number of carbonyl (C=O) groups is 2. The molecule has 0 amide bonds. The monoisotopic (exact) mass is 828 g/mol. The molecular weight excluding hydrogens is 773 g/mol. The molecule has 0 saturated carbocycles. The van der Waals surface area contributed by atoms with E-state index in [1.54, 1.807) is 27.7 Å². The van der Waals surface area contributed by atoms with Crippen LogP contribution in [-0.2, 0) is 33.5 Å². The van der Waals surface area contributed by atoms with Gasteiger partial charge in [-0.15, -0.1) is 5.10 Å². The molecule has 58 heavy (non-hydrogen) atoms. The van der Waals surface area contributed by atoms with E-state index in [9.17, 15) is 32.7 Å². The largest absolute Gasteiger partial charge is 0.506 e. The molecule has 1 fully saturated rings. The Morgan fingerprint density at radius 3 is 2.33 bits per heavy atom. The quantitative estimate of drug-likeness (QED) is 0.115. The number of terminal acetylenes is 1. The van der Waals surface area contributed by atoms with Gasteiger partial charge < -0.3 is 19.3 Å². The minimum absolute atomic E-state index is 0.0358. The van der Waals surface area contributed by atoms with E-state index in [2.05, 4.69) is 35.8 Å². The van der Waals surface area contributed by atoms with Gasteiger partial charge in [-0.3, -0.25) is 14.4 Å². The zero-order valence-electron chi connectivity index (χ0n) is 34.8. The molecule has 2 atom stereocenters. The van der Waals surface area contributed by atoms with E-state index < -0.39 is 11.7 Å². The van der Waals surface area contributed by atoms with Gasteiger partial charge in [0.05, 0.1) is 31.0 Å². The van der Waals surface area contributed by atoms with Gasteiger partial charge in [-0.1, -0.05) is 63.8 Å². The Bertz CT molecular complexity index is 2120. The number of ketones is 2. The number of aliphatic imine (C=N–C) groups is 1. The van der Waals surface area contributed by atoms with Crippen molar-refractivity contribution in [3.63, 3.8) is 0 Å². The van der Waals surface area contributed by atoms with Gasteiger partial charge in [0, 0.05) is 30.6 Å². The summed E-state index contributed by atoms with van der Waals surface area (Å²) in [6.07, 6.45) is 10.7. The van der Waals surface area contributed by atoms with Crippen LogP contribution in [0.15, 0.2) is 45.4 Å². The maximum atomic E-state index is 14.0. The van der Waals surface area contributed by atoms with Crippen LogP contribution in [0.1, 0.15) is 116 Å². The van der Waals surface area contributed by atoms with Crippen LogP contribution in [0.25, 0.3) is 11.4 Å². The summed E-state index contributed by atoms with van der Waals surface area (Å²) >= 11 is 5.52. The highest BCUT2D eigenvalue weighted by Gasteiger charge is 2.35. The highest BCUT2D eigenvalue weighted by Crippen LogP contribution is 2.35. The van der Waals surface area contributed by atoms with Crippen molar-refractivity contribution < 1.29 is 32.6 Å². The van der Waals surface area contributed by atoms with Crippen molar-refractivity contribution in [2.75, 3.05) is 24.7 Å². The maximum Gasteiger partial charge on any atom is 0.416 e. The van der Waals surface area contributed by atoms with Gasteiger partial charge in [0.1, 0.15) is 17.2 Å². The van der Waals surface area contributed by atoms with E-state index in [1.165, 1.54) is 30.3 Å². The number of benzene rings is 1. The molecule has 0 spiro atoms. The van der Waals surface area contributed by atoms with Crippen LogP contribution in [0.4, 0.5) is 18.9 Å². The Morgan fingerprint density at radius 1 is 1.12 bits per heavy atom. The molecule has 3 aromatic rings. The van der Waals surface area contributed by atoms with Gasteiger partial charge in [0.15, 0.2) is 17.3 Å². The van der Waals surface area contributed by atoms with E-state index in [-0.39, 0.29) is 40.2 Å². The molecule has 1 saturated heterocycles. The average Bonchev–Trinajstić information content (AvgIpc) is 3.63. The predicted molar refractivity (Wildman–Crippen MR) is 224 cm³/mol. The number of anilines is 1. The van der Waals surface area contributed by atoms with Crippen molar-refractivity contribution in [2.45, 2.75) is 126 Å². The molecule has 2 aliphatic heterocycles. The summed E-state index contributed by atoms with van der Waals surface area (Å²) in [5, 5.41) is 14.1. The van der Waals surface area contributed by atoms with Crippen LogP contribution in [0.5, 0.6) is 0 Å². The lowest BCUT2D eigenvalue weighted by atomic mass is 9.83. The van der Waals surface area contributed by atoms with Crippen LogP contribution >= 0.6 is 11.6 Å². The van der Waals surface area contributed by atoms with E-state index >= 15 is 0 Å². The topological polar surface area (TPSA) is 131 Å². The first-order chi connectivity index (χ1) is 27.4. The van der Waals surface area contributed by atoms with Gasteiger partial charge in [-0.05, 0) is 101 Å². The second-order valence-corrected chi connectivity index (χ2v) is 15.0. The Kier molecular flexibility index (Phi) is 18.0. The number of piperidine rings is 1. The van der Waals surface area contributed by atoms with Gasteiger partial charge in [-0.25, -0.2) is 0 Å². The molecule has 0 radical (unpaired) electrons. The number of aryl methyl sites for hydroxylation is 1. The van der Waals surface area contributed by atoms with E-state index in [0.717, 1.165) is 55.6 Å². The van der Waals surface area contributed by atoms with Gasteiger partial charge in [0.2, 0.25) is 5.78 Å². The number of alkyl halides is 3. The summed E-state index contributed by atoms with van der Waals surface area (Å²) in [7, 11) is 0. The number of carbonyl (C=O) groups excluding carboxylic acids is 2. The lowest BCUT2D eigenvalue weighted by Gasteiger charge is -2.43. The smallest absolute Gasteiger partial charge is 0.416 e. The van der Waals surface area contributed by atoms with Gasteiger partial charge >= 0.3 is 6.18 Å². The van der Waals surface area contributed by atoms with Crippen molar-refractivity contribution in [2.24, 2.45) is 10.9 Å². The number of ether oxygens (including phenoxy) is 1. The van der Waals surface area contributed by atoms with Crippen LogP contribution < -0.4 is 10.5 Å². The van der Waals surface area contributed by atoms with E-state index in [1.807, 2.05) is 16.7 Å². The standard InChI is InChI=1S/C26H39N5O3.C9H11NO2.C8H6ClF3/c1-5-9-19-11-8-14-29(22(19)10-6-2)23-21(7-3)30(17-18(4)32)26-27-24(28-31(26)25(23)33)20-12-15-34-16-13-20;1-5-10-8(7(4)11)9(12)6(2)3;1-5-2-3-6(4-7(5)9)8(10,11)12/h12,19,22H,5-11,13-17H2,1-4H3;1,12H,2-4H3;2-4H,1H3. The molecule has 4 heterocycles. The first-order valence-electron chi connectivity index (χ1n) is 19.7. The minimum Gasteiger partial charge on any atom is -0.506 e. The molecule has 5 rings (SSSR count). The molecule has 2 aromatic heterocycles. The minimum atomic E-state index is -4.31. The summed E-state index contributed by atoms with van der Waals surface area (Å²) in [4.78, 5) is 47.8. The lowest BCUT2D eigenvalue weighted by Crippen LogP contribution is -2.49. The highest BCUT2D eigenvalue weighted by molar-refractivity contribution is 6.45. The third-order valence-corrected chi connectivity index (χ3v) is 10.4. The Morgan fingerprint density at radius 2 is 1.81 bits per heavy atom. The van der Waals surface area contributed by atoms with Crippen molar-refractivity contribution in [1.29, 1.82) is 0 Å². The highest BCUT2D eigenvalue weighted by atomic mass is 35.5. The molecule has 0 aliphatic carbocycles. The number of aliphatic hydroxyl groups excluding tert-OH is 1. The zero-order valence-corrected chi connectivity index (χ0v) is 35.6. The number of Topliss-reactive ketones (excluding diaryl/α,β-unsaturated/α-hetero) is 2. The maximum absolute atomic E-state index is 14.0. The fourth-order valence-corrected chi connectivity index (χ4v) is 7.35. The number of allylic oxidation sites excluding steroid dienone is 2. The molecule has 1 N–H and O–H groups in total. The summed E-state index contributed by atoms with van der Waals surface area (Å²) < 4.78 is 44.9. The SMILES string of the molecule is C#CN=C(C(C)=O)C(O)=C(C)C.CCCC1CCCN(c2c(CC)n(CC(C)=O)c3nc(C4=CCOCC4)nn3c2=O)C1CCC.Cc1ccc(C(F)(F)F)cc1Cl. The number of hydrogen-bond donors (Lipinski definition) is 1. The summed E-state index contributed by atoms with van der Waals surface area (Å²) in [6, 6.07) is 5.59. The van der Waals surface area contributed by atoms with E-state index in [0.29, 0.717) is 66.4 Å². The van der Waals surface area contributed by atoms with E-state index in [4.69, 9.17) is 27.7 Å². The number of fused-ring (bicyclic) bond motifs is 1. The first-order valence-corrected chi connectivity index (χ1v) is 20.1. The van der Waals surface area contributed by atoms with Crippen molar-refractivity contribution in [3.05, 3.63) is 73.6 Å². The zero-order chi connectivity index (χ0) is 43.3. The lowest BCUT2D eigenvalue weighted by molar-refractivity contribution is -0.137. The summed E-state index contributed by atoms with van der Waals surface area (Å²) in [5.74, 6) is 1.15. The second kappa shape index (κ2) is 21.9. The first kappa shape index (κ1) is 47.6. The normalized spacial score (nSPS) is 17.0. The number of aromatic nitrogens is 4. The molecule has 11 nitrogen and oxygen atoms in total. The Labute approximate surface area is 344 Å². The van der Waals surface area contributed by atoms with Gasteiger partial charge in [-0.2, -0.15) is 27.7 Å². The fraction of sp³-hybridized carbons (Fsp3) is 0.535. The molecule has 2 aliphatic rings. The van der Waals surface area contributed by atoms with Crippen molar-refractivity contribution in [3.8, 4) is 12.5 Å². The van der Waals surface area contributed by atoms with Gasteiger partial charge in [0.25, 0.3) is 5.56 Å². The molecule has 15 heteroatoms. The molecular formula is C43H56ClF3N6O5. The Balaban J connectivity index is 0.000000306. The fourth-order valence-electron chi connectivity index (χ4n) is 7.17. The molecule has 2 unspecified atom stereocenters. The molecule has 1 aromatic carbocycles. The third-order valence-electron chi connectivity index (χ3n) is 9.95. The molecule has 316 valence electrons. The van der Waals surface area contributed by atoms with Crippen molar-refractivity contribution >= 4 is 45.9 Å². The number of hydrogen-bond acceptors (Lipinski definition) is 9. The van der Waals surface area contributed by atoms with Crippen LogP contribution in [-0.4, -0.2) is 67.4 Å². The summed E-state index contributed by atoms with van der Waals surface area (Å²) in [5.41, 5.74) is 2.97. The third kappa shape index (κ3) is 12.1. The number of aliphatic hydroxyl groups is 1. The van der Waals surface area contributed by atoms with Crippen LogP contribution in [0.3, 0.4) is 0 Å². The Hall–Kier alpha value is -4.74.